The molecule has 0 radical (unpaired) electrons. The van der Waals surface area contributed by atoms with E-state index >= 15 is 0 Å². The Morgan fingerprint density at radius 1 is 0.905 bits per heavy atom. The first-order valence-corrected chi connectivity index (χ1v) is 6.55. The van der Waals surface area contributed by atoms with Gasteiger partial charge in [0, 0.05) is 0 Å². The van der Waals surface area contributed by atoms with Crippen LogP contribution in [0.5, 0.6) is 11.5 Å². The Morgan fingerprint density at radius 3 is 2.10 bits per heavy atom. The molecule has 3 rings (SSSR count). The highest BCUT2D eigenvalue weighted by molar-refractivity contribution is 6.07. The van der Waals surface area contributed by atoms with Crippen LogP contribution in [0.1, 0.15) is 12.5 Å². The molecule has 5 nitrogen and oxygen atoms in total. The predicted molar refractivity (Wildman–Crippen MR) is 77.0 cm³/mol. The van der Waals surface area contributed by atoms with Crippen molar-refractivity contribution in [1.82, 2.24) is 10.6 Å². The topological polar surface area (TPSA) is 67.4 Å². The van der Waals surface area contributed by atoms with Crippen molar-refractivity contribution in [2.24, 2.45) is 0 Å². The Kier molecular flexibility index (Phi) is 3.10. The Bertz CT molecular complexity index is 682. The highest BCUT2D eigenvalue weighted by Crippen LogP contribution is 2.27. The summed E-state index contributed by atoms with van der Waals surface area (Å²) < 4.78 is 5.69. The summed E-state index contributed by atoms with van der Waals surface area (Å²) in [4.78, 5) is 23.1. The van der Waals surface area contributed by atoms with Gasteiger partial charge in [0.2, 0.25) is 0 Å². The highest BCUT2D eigenvalue weighted by atomic mass is 16.5. The van der Waals surface area contributed by atoms with Gasteiger partial charge in [0.05, 0.1) is 0 Å². The van der Waals surface area contributed by atoms with Crippen molar-refractivity contribution >= 4 is 11.9 Å². The molecule has 0 aromatic heterocycles. The Balaban J connectivity index is 1.81. The number of urea groups is 1. The maximum Gasteiger partial charge on any atom is 0.322 e. The van der Waals surface area contributed by atoms with Gasteiger partial charge in [-0.25, -0.2) is 4.79 Å². The van der Waals surface area contributed by atoms with Crippen LogP contribution >= 0.6 is 0 Å². The Labute approximate surface area is 121 Å². The van der Waals surface area contributed by atoms with E-state index in [9.17, 15) is 9.59 Å². The van der Waals surface area contributed by atoms with Gasteiger partial charge in [0.1, 0.15) is 17.0 Å². The quantitative estimate of drug-likeness (QED) is 0.850. The van der Waals surface area contributed by atoms with Gasteiger partial charge >= 0.3 is 6.03 Å². The van der Waals surface area contributed by atoms with Crippen molar-refractivity contribution in [1.29, 1.82) is 0 Å². The molecular formula is C16H14N2O3. The van der Waals surface area contributed by atoms with Gasteiger partial charge < -0.3 is 10.1 Å². The van der Waals surface area contributed by atoms with E-state index in [0.717, 1.165) is 5.75 Å². The van der Waals surface area contributed by atoms with Gasteiger partial charge in [-0.15, -0.1) is 0 Å². The molecule has 1 aliphatic rings. The average Bonchev–Trinajstić information content (AvgIpc) is 2.74. The van der Waals surface area contributed by atoms with Crippen LogP contribution < -0.4 is 15.4 Å². The molecule has 5 heteroatoms. The number of imide groups is 1. The fraction of sp³-hybridized carbons (Fsp3) is 0.125. The molecule has 21 heavy (non-hydrogen) atoms. The number of carbonyl (C=O) groups is 2. The summed E-state index contributed by atoms with van der Waals surface area (Å²) in [6, 6.07) is 16.0. The van der Waals surface area contributed by atoms with Crippen LogP contribution in [0.15, 0.2) is 54.6 Å². The minimum absolute atomic E-state index is 0.357. The molecule has 2 N–H and O–H groups in total. The van der Waals surface area contributed by atoms with Crippen LogP contribution in [0.2, 0.25) is 0 Å². The summed E-state index contributed by atoms with van der Waals surface area (Å²) in [5.74, 6) is 1.05. The fourth-order valence-electron chi connectivity index (χ4n) is 2.23. The number of rotatable bonds is 3. The van der Waals surface area contributed by atoms with Crippen molar-refractivity contribution in [3.63, 3.8) is 0 Å². The first-order valence-electron chi connectivity index (χ1n) is 6.55. The van der Waals surface area contributed by atoms with Crippen molar-refractivity contribution in [2.75, 3.05) is 0 Å². The molecule has 1 aliphatic heterocycles. The van der Waals surface area contributed by atoms with E-state index in [2.05, 4.69) is 10.6 Å². The van der Waals surface area contributed by atoms with E-state index in [1.807, 2.05) is 30.3 Å². The lowest BCUT2D eigenvalue weighted by molar-refractivity contribution is -0.123. The van der Waals surface area contributed by atoms with Crippen LogP contribution in [0, 0.1) is 0 Å². The van der Waals surface area contributed by atoms with Crippen LogP contribution in [0.25, 0.3) is 0 Å². The zero-order valence-corrected chi connectivity index (χ0v) is 11.4. The number of para-hydroxylation sites is 1. The van der Waals surface area contributed by atoms with E-state index in [0.29, 0.717) is 11.3 Å². The SMILES string of the molecule is CC1(c2ccc(Oc3ccccc3)cc2)NC(=O)NC1=O. The zero-order valence-electron chi connectivity index (χ0n) is 11.4. The van der Waals surface area contributed by atoms with Gasteiger partial charge in [0.25, 0.3) is 5.91 Å². The minimum atomic E-state index is -1.04. The Morgan fingerprint density at radius 2 is 1.52 bits per heavy atom. The lowest BCUT2D eigenvalue weighted by Crippen LogP contribution is -2.40. The average molecular weight is 282 g/mol. The second-order valence-corrected chi connectivity index (χ2v) is 4.97. The number of nitrogens with one attached hydrogen (secondary N) is 2. The molecule has 1 heterocycles. The number of hydrogen-bond acceptors (Lipinski definition) is 3. The normalized spacial score (nSPS) is 20.8. The van der Waals surface area contributed by atoms with E-state index in [1.165, 1.54) is 0 Å². The monoisotopic (exact) mass is 282 g/mol. The molecule has 0 spiro atoms. The Hall–Kier alpha value is -2.82. The van der Waals surface area contributed by atoms with E-state index < -0.39 is 11.6 Å². The maximum atomic E-state index is 11.9. The van der Waals surface area contributed by atoms with Crippen molar-refractivity contribution in [2.45, 2.75) is 12.5 Å². The van der Waals surface area contributed by atoms with Gasteiger partial charge in [0.15, 0.2) is 0 Å². The van der Waals surface area contributed by atoms with Gasteiger partial charge in [-0.1, -0.05) is 30.3 Å². The van der Waals surface area contributed by atoms with Gasteiger partial charge in [-0.2, -0.15) is 0 Å². The van der Waals surface area contributed by atoms with Crippen LogP contribution in [0.3, 0.4) is 0 Å². The second kappa shape index (κ2) is 4.94. The first-order chi connectivity index (χ1) is 10.1. The summed E-state index contributed by atoms with van der Waals surface area (Å²) in [5.41, 5.74) is -0.339. The van der Waals surface area contributed by atoms with E-state index in [4.69, 9.17) is 4.74 Å². The predicted octanol–water partition coefficient (Wildman–Crippen LogP) is 2.53. The summed E-state index contributed by atoms with van der Waals surface area (Å²) in [6.07, 6.45) is 0. The number of hydrogen-bond donors (Lipinski definition) is 2. The van der Waals surface area contributed by atoms with Gasteiger partial charge in [-0.3, -0.25) is 10.1 Å². The summed E-state index contributed by atoms with van der Waals surface area (Å²) >= 11 is 0. The second-order valence-electron chi connectivity index (χ2n) is 4.97. The summed E-state index contributed by atoms with van der Waals surface area (Å²) in [5, 5.41) is 4.87. The van der Waals surface area contributed by atoms with Crippen molar-refractivity contribution in [3.05, 3.63) is 60.2 Å². The third-order valence-corrected chi connectivity index (χ3v) is 3.46. The lowest BCUT2D eigenvalue weighted by atomic mass is 9.92. The third-order valence-electron chi connectivity index (χ3n) is 3.46. The highest BCUT2D eigenvalue weighted by Gasteiger charge is 2.43. The molecule has 2 aromatic carbocycles. The smallest absolute Gasteiger partial charge is 0.322 e. The van der Waals surface area contributed by atoms with E-state index in [1.54, 1.807) is 31.2 Å². The molecule has 0 saturated carbocycles. The maximum absolute atomic E-state index is 11.9. The molecule has 1 saturated heterocycles. The zero-order chi connectivity index (χ0) is 14.9. The number of ether oxygens (including phenoxy) is 1. The molecule has 0 aliphatic carbocycles. The molecular weight excluding hydrogens is 268 g/mol. The fourth-order valence-corrected chi connectivity index (χ4v) is 2.23. The summed E-state index contributed by atoms with van der Waals surface area (Å²) in [6.45, 7) is 1.67. The number of amides is 3. The van der Waals surface area contributed by atoms with Gasteiger partial charge in [-0.05, 0) is 36.8 Å². The molecule has 2 aromatic rings. The molecule has 1 unspecified atom stereocenters. The summed E-state index contributed by atoms with van der Waals surface area (Å²) in [7, 11) is 0. The lowest BCUT2D eigenvalue weighted by Gasteiger charge is -2.21. The van der Waals surface area contributed by atoms with E-state index in [-0.39, 0.29) is 5.91 Å². The molecule has 1 atom stereocenters. The van der Waals surface area contributed by atoms with Crippen molar-refractivity contribution in [3.8, 4) is 11.5 Å². The molecule has 0 bridgehead atoms. The minimum Gasteiger partial charge on any atom is -0.457 e. The first kappa shape index (κ1) is 13.2. The molecule has 106 valence electrons. The number of benzene rings is 2. The molecule has 3 amide bonds. The van der Waals surface area contributed by atoms with Crippen LogP contribution in [-0.4, -0.2) is 11.9 Å². The van der Waals surface area contributed by atoms with Crippen LogP contribution in [-0.2, 0) is 10.3 Å². The standard InChI is InChI=1S/C16H14N2O3/c1-16(14(19)17-15(20)18-16)11-7-9-13(10-8-11)21-12-5-3-2-4-6-12/h2-10H,1H3,(H2,17,18,19,20). The third kappa shape index (κ3) is 2.45. The largest absolute Gasteiger partial charge is 0.457 e. The van der Waals surface area contributed by atoms with Crippen molar-refractivity contribution < 1.29 is 14.3 Å². The molecule has 1 fully saturated rings. The van der Waals surface area contributed by atoms with Crippen LogP contribution in [0.4, 0.5) is 4.79 Å². The number of carbonyl (C=O) groups excluding carboxylic acids is 2.